The molecule has 2 atom stereocenters. The Bertz CT molecular complexity index is 188. The summed E-state index contributed by atoms with van der Waals surface area (Å²) in [5, 5.41) is 3.85. The second-order valence-corrected chi connectivity index (χ2v) is 6.30. The molecule has 0 saturated heterocycles. The summed E-state index contributed by atoms with van der Waals surface area (Å²) in [5.41, 5.74) is 0.493. The molecule has 2 aliphatic rings. The van der Waals surface area contributed by atoms with Gasteiger partial charge in [-0.15, -0.1) is 0 Å². The minimum Gasteiger partial charge on any atom is -0.311 e. The smallest absolute Gasteiger partial charge is 0.0103 e. The summed E-state index contributed by atoms with van der Waals surface area (Å²) in [5.74, 6) is 0.900. The normalized spacial score (nSPS) is 34.5. The van der Waals surface area contributed by atoms with Crippen LogP contribution in [0.1, 0.15) is 59.3 Å². The Morgan fingerprint density at radius 2 is 1.57 bits per heavy atom. The van der Waals surface area contributed by atoms with Gasteiger partial charge in [0.25, 0.3) is 0 Å². The number of rotatable bonds is 2. The molecule has 0 radical (unpaired) electrons. The average molecular weight is 195 g/mol. The zero-order chi connectivity index (χ0) is 10.2. The first-order valence-electron chi connectivity index (χ1n) is 6.33. The highest BCUT2D eigenvalue weighted by Crippen LogP contribution is 2.39. The van der Waals surface area contributed by atoms with Crippen LogP contribution in [0, 0.1) is 11.3 Å². The molecule has 1 nitrogen and oxygen atoms in total. The maximum absolute atomic E-state index is 3.85. The molecular weight excluding hydrogens is 170 g/mol. The highest BCUT2D eigenvalue weighted by molar-refractivity contribution is 4.93. The first-order valence-corrected chi connectivity index (χ1v) is 6.33. The second-order valence-electron chi connectivity index (χ2n) is 6.30. The van der Waals surface area contributed by atoms with E-state index in [0.29, 0.717) is 5.41 Å². The molecule has 0 bridgehead atoms. The van der Waals surface area contributed by atoms with E-state index in [1.807, 2.05) is 0 Å². The maximum Gasteiger partial charge on any atom is 0.0103 e. The van der Waals surface area contributed by atoms with Crippen LogP contribution in [0.2, 0.25) is 0 Å². The highest BCUT2D eigenvalue weighted by atomic mass is 15.0. The number of nitrogens with one attached hydrogen (secondary N) is 1. The van der Waals surface area contributed by atoms with Crippen LogP contribution in [0.5, 0.6) is 0 Å². The van der Waals surface area contributed by atoms with Gasteiger partial charge < -0.3 is 5.32 Å². The molecule has 2 rings (SSSR count). The molecule has 0 aliphatic heterocycles. The Morgan fingerprint density at radius 1 is 0.929 bits per heavy atom. The van der Waals surface area contributed by atoms with Crippen molar-refractivity contribution in [2.75, 3.05) is 0 Å². The van der Waals surface area contributed by atoms with Crippen molar-refractivity contribution in [3.8, 4) is 0 Å². The standard InChI is InChI=1S/C13H25N/c1-13(2,3)11-6-4-5-7-12(11)14-10-8-9-10/h10-12,14H,4-9H2,1-3H3/t11-,12+/m0/s1. The van der Waals surface area contributed by atoms with Gasteiger partial charge in [0.1, 0.15) is 0 Å². The van der Waals surface area contributed by atoms with Gasteiger partial charge in [-0.1, -0.05) is 33.6 Å². The first kappa shape index (κ1) is 10.5. The zero-order valence-electron chi connectivity index (χ0n) is 9.97. The van der Waals surface area contributed by atoms with Crippen LogP contribution in [-0.4, -0.2) is 12.1 Å². The second kappa shape index (κ2) is 3.84. The third-order valence-corrected chi connectivity index (χ3v) is 3.91. The van der Waals surface area contributed by atoms with Crippen LogP contribution in [0.3, 0.4) is 0 Å². The summed E-state index contributed by atoms with van der Waals surface area (Å²) in [6.45, 7) is 7.22. The third kappa shape index (κ3) is 2.50. The molecule has 0 unspecified atom stereocenters. The van der Waals surface area contributed by atoms with E-state index in [1.165, 1.54) is 38.5 Å². The molecule has 14 heavy (non-hydrogen) atoms. The van der Waals surface area contributed by atoms with Crippen molar-refractivity contribution in [2.24, 2.45) is 11.3 Å². The Hall–Kier alpha value is -0.0400. The average Bonchev–Trinajstić information content (AvgIpc) is 2.87. The van der Waals surface area contributed by atoms with E-state index in [9.17, 15) is 0 Å². The summed E-state index contributed by atoms with van der Waals surface area (Å²) in [6, 6.07) is 1.69. The summed E-state index contributed by atoms with van der Waals surface area (Å²) < 4.78 is 0. The molecule has 0 aromatic carbocycles. The molecule has 0 heterocycles. The lowest BCUT2D eigenvalue weighted by Crippen LogP contribution is -2.45. The van der Waals surface area contributed by atoms with Crippen molar-refractivity contribution in [1.29, 1.82) is 0 Å². The summed E-state index contributed by atoms with van der Waals surface area (Å²) in [4.78, 5) is 0. The Labute approximate surface area is 88.7 Å². The van der Waals surface area contributed by atoms with Gasteiger partial charge >= 0.3 is 0 Å². The lowest BCUT2D eigenvalue weighted by atomic mass is 9.69. The lowest BCUT2D eigenvalue weighted by Gasteiger charge is -2.41. The molecule has 0 aromatic rings. The monoisotopic (exact) mass is 195 g/mol. The highest BCUT2D eigenvalue weighted by Gasteiger charge is 2.36. The van der Waals surface area contributed by atoms with Crippen molar-refractivity contribution in [3.05, 3.63) is 0 Å². The van der Waals surface area contributed by atoms with E-state index in [0.717, 1.165) is 18.0 Å². The Morgan fingerprint density at radius 3 is 2.14 bits per heavy atom. The van der Waals surface area contributed by atoms with Gasteiger partial charge in [0, 0.05) is 12.1 Å². The SMILES string of the molecule is CC(C)(C)[C@H]1CCCC[C@H]1NC1CC1. The molecule has 2 fully saturated rings. The number of hydrogen-bond acceptors (Lipinski definition) is 1. The predicted molar refractivity (Wildman–Crippen MR) is 61.4 cm³/mol. The van der Waals surface area contributed by atoms with Crippen LogP contribution in [0.4, 0.5) is 0 Å². The van der Waals surface area contributed by atoms with Crippen molar-refractivity contribution >= 4 is 0 Å². The van der Waals surface area contributed by atoms with Crippen molar-refractivity contribution in [1.82, 2.24) is 5.32 Å². The summed E-state index contributed by atoms with van der Waals surface area (Å²) >= 11 is 0. The largest absolute Gasteiger partial charge is 0.311 e. The van der Waals surface area contributed by atoms with Crippen molar-refractivity contribution in [3.63, 3.8) is 0 Å². The van der Waals surface area contributed by atoms with Gasteiger partial charge in [0.15, 0.2) is 0 Å². The van der Waals surface area contributed by atoms with Gasteiger partial charge in [-0.05, 0) is 37.0 Å². The molecule has 2 aliphatic carbocycles. The Balaban J connectivity index is 1.95. The minimum atomic E-state index is 0.493. The van der Waals surface area contributed by atoms with Crippen LogP contribution in [-0.2, 0) is 0 Å². The van der Waals surface area contributed by atoms with Gasteiger partial charge in [-0.2, -0.15) is 0 Å². The fourth-order valence-electron chi connectivity index (χ4n) is 2.92. The van der Waals surface area contributed by atoms with Gasteiger partial charge in [-0.3, -0.25) is 0 Å². The molecule has 0 spiro atoms. The van der Waals surface area contributed by atoms with Crippen LogP contribution >= 0.6 is 0 Å². The fourth-order valence-corrected chi connectivity index (χ4v) is 2.92. The van der Waals surface area contributed by atoms with Gasteiger partial charge in [0.2, 0.25) is 0 Å². The van der Waals surface area contributed by atoms with E-state index in [2.05, 4.69) is 26.1 Å². The molecule has 0 aromatic heterocycles. The first-order chi connectivity index (χ1) is 6.57. The fraction of sp³-hybridized carbons (Fsp3) is 1.00. The molecule has 0 amide bonds. The number of hydrogen-bond donors (Lipinski definition) is 1. The van der Waals surface area contributed by atoms with Crippen molar-refractivity contribution in [2.45, 2.75) is 71.4 Å². The predicted octanol–water partition coefficient (Wildman–Crippen LogP) is 3.34. The van der Waals surface area contributed by atoms with E-state index < -0.39 is 0 Å². The summed E-state index contributed by atoms with van der Waals surface area (Å²) in [6.07, 6.45) is 8.59. The van der Waals surface area contributed by atoms with Gasteiger partial charge in [0.05, 0.1) is 0 Å². The zero-order valence-corrected chi connectivity index (χ0v) is 9.97. The molecule has 1 N–H and O–H groups in total. The molecule has 2 saturated carbocycles. The van der Waals surface area contributed by atoms with Crippen molar-refractivity contribution < 1.29 is 0 Å². The topological polar surface area (TPSA) is 12.0 Å². The molecule has 1 heteroatoms. The van der Waals surface area contributed by atoms with Crippen LogP contribution in [0.25, 0.3) is 0 Å². The molecule has 82 valence electrons. The van der Waals surface area contributed by atoms with Crippen LogP contribution < -0.4 is 5.32 Å². The van der Waals surface area contributed by atoms with E-state index in [4.69, 9.17) is 0 Å². The molecular formula is C13H25N. The Kier molecular flexibility index (Phi) is 2.88. The van der Waals surface area contributed by atoms with E-state index >= 15 is 0 Å². The summed E-state index contributed by atoms with van der Waals surface area (Å²) in [7, 11) is 0. The minimum absolute atomic E-state index is 0.493. The van der Waals surface area contributed by atoms with Gasteiger partial charge in [-0.25, -0.2) is 0 Å². The van der Waals surface area contributed by atoms with E-state index in [1.54, 1.807) is 0 Å². The van der Waals surface area contributed by atoms with E-state index in [-0.39, 0.29) is 0 Å². The lowest BCUT2D eigenvalue weighted by molar-refractivity contribution is 0.130. The maximum atomic E-state index is 3.85. The third-order valence-electron chi connectivity index (χ3n) is 3.91. The quantitative estimate of drug-likeness (QED) is 0.712. The van der Waals surface area contributed by atoms with Crippen LogP contribution in [0.15, 0.2) is 0 Å².